The Balaban J connectivity index is 1.45. The molecule has 2 aliphatic heterocycles. The summed E-state index contributed by atoms with van der Waals surface area (Å²) in [5.74, 6) is 0.455. The number of ether oxygens (including phenoxy) is 1. The molecule has 0 aliphatic carbocycles. The van der Waals surface area contributed by atoms with Gasteiger partial charge in [0.05, 0.1) is 31.2 Å². The summed E-state index contributed by atoms with van der Waals surface area (Å²) in [6.07, 6.45) is 2.11. The number of rotatable bonds is 5. The monoisotopic (exact) mass is 383 g/mol. The van der Waals surface area contributed by atoms with Crippen molar-refractivity contribution in [2.24, 2.45) is 5.10 Å². The van der Waals surface area contributed by atoms with Crippen LogP contribution in [0.15, 0.2) is 52.2 Å². The molecule has 0 radical (unpaired) electrons. The summed E-state index contributed by atoms with van der Waals surface area (Å²) < 4.78 is 10.8. The van der Waals surface area contributed by atoms with Gasteiger partial charge >= 0.3 is 0 Å². The molecule has 3 heterocycles. The van der Waals surface area contributed by atoms with Crippen LogP contribution >= 0.6 is 0 Å². The fourth-order valence-electron chi connectivity index (χ4n) is 3.67. The van der Waals surface area contributed by atoms with Crippen molar-refractivity contribution in [1.82, 2.24) is 4.90 Å². The van der Waals surface area contributed by atoms with Crippen molar-refractivity contribution in [3.63, 3.8) is 0 Å². The quantitative estimate of drug-likeness (QED) is 0.859. The maximum absolute atomic E-state index is 13.1. The van der Waals surface area contributed by atoms with Crippen LogP contribution in [0, 0.1) is 0 Å². The molecule has 0 saturated carbocycles. The van der Waals surface area contributed by atoms with Crippen molar-refractivity contribution in [2.45, 2.75) is 31.9 Å². The summed E-state index contributed by atoms with van der Waals surface area (Å²) in [6, 6.07) is 10.8. The third-order valence-corrected chi connectivity index (χ3v) is 5.24. The van der Waals surface area contributed by atoms with Crippen LogP contribution < -0.4 is 5.01 Å². The van der Waals surface area contributed by atoms with Crippen LogP contribution in [0.2, 0.25) is 0 Å². The first-order valence-corrected chi connectivity index (χ1v) is 9.63. The Morgan fingerprint density at radius 2 is 2.11 bits per heavy atom. The fourth-order valence-corrected chi connectivity index (χ4v) is 3.67. The van der Waals surface area contributed by atoms with Gasteiger partial charge in [-0.05, 0) is 43.3 Å². The smallest absolute Gasteiger partial charge is 0.254 e. The highest BCUT2D eigenvalue weighted by molar-refractivity contribution is 5.95. The summed E-state index contributed by atoms with van der Waals surface area (Å²) >= 11 is 0. The van der Waals surface area contributed by atoms with Crippen LogP contribution in [0.5, 0.6) is 0 Å². The van der Waals surface area contributed by atoms with Crippen molar-refractivity contribution in [3.8, 4) is 0 Å². The molecule has 4 rings (SSSR count). The molecule has 28 heavy (non-hydrogen) atoms. The zero-order valence-corrected chi connectivity index (χ0v) is 16.0. The predicted molar refractivity (Wildman–Crippen MR) is 105 cm³/mol. The summed E-state index contributed by atoms with van der Waals surface area (Å²) in [6.45, 7) is 4.30. The van der Waals surface area contributed by atoms with Gasteiger partial charge in [0.1, 0.15) is 11.9 Å². The van der Waals surface area contributed by atoms with Gasteiger partial charge in [0, 0.05) is 37.2 Å². The van der Waals surface area contributed by atoms with Crippen molar-refractivity contribution in [2.75, 3.05) is 31.3 Å². The Morgan fingerprint density at radius 3 is 2.79 bits per heavy atom. The predicted octanol–water partition coefficient (Wildman–Crippen LogP) is 2.83. The number of benzene rings is 1. The normalized spacial score (nSPS) is 20.9. The molecule has 7 heteroatoms. The fraction of sp³-hybridized carbons (Fsp3) is 0.429. The number of carbonyl (C=O) groups excluding carboxylic acids is 1. The molecule has 1 fully saturated rings. The SMILES string of the molecule is CC1=NN(c2ccc(C(=O)N3CCOC[C@H]3C[C@@H](O)c3ccco3)cc2)CC1. The summed E-state index contributed by atoms with van der Waals surface area (Å²) in [7, 11) is 0. The number of morpholine rings is 1. The minimum absolute atomic E-state index is 0.0485. The molecular weight excluding hydrogens is 358 g/mol. The molecule has 0 bridgehead atoms. The van der Waals surface area contributed by atoms with Gasteiger partial charge in [0.15, 0.2) is 0 Å². The minimum atomic E-state index is -0.768. The number of hydrogen-bond donors (Lipinski definition) is 1. The van der Waals surface area contributed by atoms with E-state index < -0.39 is 6.10 Å². The van der Waals surface area contributed by atoms with Gasteiger partial charge in [-0.15, -0.1) is 0 Å². The zero-order chi connectivity index (χ0) is 19.5. The van der Waals surface area contributed by atoms with Crippen LogP contribution in [0.1, 0.15) is 42.0 Å². The average Bonchev–Trinajstić information content (AvgIpc) is 3.40. The number of nitrogens with zero attached hydrogens (tertiary/aromatic N) is 3. The van der Waals surface area contributed by atoms with Gasteiger partial charge in [0.2, 0.25) is 0 Å². The van der Waals surface area contributed by atoms with Gasteiger partial charge in [-0.3, -0.25) is 9.80 Å². The molecular formula is C21H25N3O4. The molecule has 2 atom stereocenters. The molecule has 1 aromatic heterocycles. The van der Waals surface area contributed by atoms with E-state index >= 15 is 0 Å². The van der Waals surface area contributed by atoms with E-state index in [9.17, 15) is 9.90 Å². The van der Waals surface area contributed by atoms with E-state index in [-0.39, 0.29) is 11.9 Å². The lowest BCUT2D eigenvalue weighted by molar-refractivity contribution is -0.0195. The van der Waals surface area contributed by atoms with Crippen LogP contribution in [-0.2, 0) is 4.74 Å². The number of hydrogen-bond acceptors (Lipinski definition) is 6. The first-order chi connectivity index (χ1) is 13.6. The van der Waals surface area contributed by atoms with Crippen molar-refractivity contribution < 1.29 is 19.1 Å². The van der Waals surface area contributed by atoms with Gasteiger partial charge in [-0.1, -0.05) is 0 Å². The number of hydrazone groups is 1. The second kappa shape index (κ2) is 8.16. The number of furan rings is 1. The molecule has 0 unspecified atom stereocenters. The van der Waals surface area contributed by atoms with E-state index in [0.717, 1.165) is 24.4 Å². The number of carbonyl (C=O) groups is 1. The lowest BCUT2D eigenvalue weighted by Crippen LogP contribution is -2.49. The van der Waals surface area contributed by atoms with Gasteiger partial charge in [0.25, 0.3) is 5.91 Å². The topological polar surface area (TPSA) is 78.5 Å². The van der Waals surface area contributed by atoms with Gasteiger partial charge in [-0.2, -0.15) is 5.10 Å². The average molecular weight is 383 g/mol. The Morgan fingerprint density at radius 1 is 1.29 bits per heavy atom. The summed E-state index contributed by atoms with van der Waals surface area (Å²) in [5.41, 5.74) is 2.73. The van der Waals surface area contributed by atoms with E-state index in [1.165, 1.54) is 6.26 Å². The number of aliphatic hydroxyl groups is 1. The molecule has 2 aliphatic rings. The molecule has 1 aromatic carbocycles. The highest BCUT2D eigenvalue weighted by Gasteiger charge is 2.31. The van der Waals surface area contributed by atoms with E-state index in [1.807, 2.05) is 36.2 Å². The van der Waals surface area contributed by atoms with Gasteiger partial charge < -0.3 is 19.2 Å². The summed E-state index contributed by atoms with van der Waals surface area (Å²) in [5, 5.41) is 16.9. The van der Waals surface area contributed by atoms with Crippen LogP contribution in [0.4, 0.5) is 5.69 Å². The Labute approximate surface area is 164 Å². The van der Waals surface area contributed by atoms with Crippen LogP contribution in [0.25, 0.3) is 0 Å². The maximum atomic E-state index is 13.1. The van der Waals surface area contributed by atoms with E-state index in [4.69, 9.17) is 9.15 Å². The maximum Gasteiger partial charge on any atom is 0.254 e. The molecule has 1 amide bonds. The van der Waals surface area contributed by atoms with Crippen molar-refractivity contribution in [1.29, 1.82) is 0 Å². The molecule has 2 aromatic rings. The lowest BCUT2D eigenvalue weighted by Gasteiger charge is -2.36. The van der Waals surface area contributed by atoms with Crippen LogP contribution in [-0.4, -0.2) is 54.0 Å². The van der Waals surface area contributed by atoms with Crippen molar-refractivity contribution >= 4 is 17.3 Å². The second-order valence-electron chi connectivity index (χ2n) is 7.25. The summed E-state index contributed by atoms with van der Waals surface area (Å²) in [4.78, 5) is 14.9. The third kappa shape index (κ3) is 3.95. The van der Waals surface area contributed by atoms with Gasteiger partial charge in [-0.25, -0.2) is 0 Å². The lowest BCUT2D eigenvalue weighted by atomic mass is 10.0. The van der Waals surface area contributed by atoms with Crippen molar-refractivity contribution in [3.05, 3.63) is 54.0 Å². The highest BCUT2D eigenvalue weighted by atomic mass is 16.5. The number of amides is 1. The van der Waals surface area contributed by atoms with E-state index in [2.05, 4.69) is 5.10 Å². The molecule has 1 saturated heterocycles. The standard InChI is InChI=1S/C21H25N3O4/c1-15-8-9-24(22-15)17-6-4-16(5-7-17)21(26)23-10-12-27-14-18(23)13-19(25)20-3-2-11-28-20/h2-7,11,18-19,25H,8-10,12-14H2,1H3/t18-,19-/m1/s1. The van der Waals surface area contributed by atoms with E-state index in [1.54, 1.807) is 17.0 Å². The zero-order valence-electron chi connectivity index (χ0n) is 16.0. The molecule has 0 spiro atoms. The Kier molecular flexibility index (Phi) is 5.45. The second-order valence-corrected chi connectivity index (χ2v) is 7.25. The highest BCUT2D eigenvalue weighted by Crippen LogP contribution is 2.25. The minimum Gasteiger partial charge on any atom is -0.467 e. The third-order valence-electron chi connectivity index (χ3n) is 5.24. The molecule has 1 N–H and O–H groups in total. The van der Waals surface area contributed by atoms with Crippen LogP contribution in [0.3, 0.4) is 0 Å². The Bertz CT molecular complexity index is 832. The largest absolute Gasteiger partial charge is 0.467 e. The molecule has 7 nitrogen and oxygen atoms in total. The number of anilines is 1. The first-order valence-electron chi connectivity index (χ1n) is 9.63. The van der Waals surface area contributed by atoms with E-state index in [0.29, 0.717) is 37.5 Å². The molecule has 148 valence electrons. The first kappa shape index (κ1) is 18.7. The Hall–Kier alpha value is -2.64. The number of aliphatic hydroxyl groups excluding tert-OH is 1.